The minimum absolute atomic E-state index is 0.355. The van der Waals surface area contributed by atoms with Crippen molar-refractivity contribution in [2.75, 3.05) is 24.5 Å². The number of rotatable bonds is 2. The normalized spacial score (nSPS) is 20.4. The number of piperazine rings is 1. The van der Waals surface area contributed by atoms with Crippen molar-refractivity contribution in [1.82, 2.24) is 5.32 Å². The van der Waals surface area contributed by atoms with Gasteiger partial charge in [-0.3, -0.25) is 4.79 Å². The van der Waals surface area contributed by atoms with Crippen molar-refractivity contribution in [2.24, 2.45) is 5.73 Å². The molecule has 4 heteroatoms. The molecule has 0 unspecified atom stereocenters. The van der Waals surface area contributed by atoms with Crippen molar-refractivity contribution in [3.63, 3.8) is 0 Å². The van der Waals surface area contributed by atoms with E-state index in [2.05, 4.69) is 17.1 Å². The predicted octanol–water partition coefficient (Wildman–Crippen LogP) is 0.892. The van der Waals surface area contributed by atoms with Gasteiger partial charge >= 0.3 is 0 Å². The number of nitrogens with one attached hydrogen (secondary N) is 1. The van der Waals surface area contributed by atoms with Gasteiger partial charge in [0.1, 0.15) is 0 Å². The Morgan fingerprint density at radius 3 is 2.94 bits per heavy atom. The summed E-state index contributed by atoms with van der Waals surface area (Å²) >= 11 is 0. The highest BCUT2D eigenvalue weighted by molar-refractivity contribution is 5.98. The van der Waals surface area contributed by atoms with E-state index in [1.165, 1.54) is 0 Å². The van der Waals surface area contributed by atoms with Crippen molar-refractivity contribution >= 4 is 11.6 Å². The third-order valence-corrected chi connectivity index (χ3v) is 3.13. The molecule has 17 heavy (non-hydrogen) atoms. The predicted molar refractivity (Wildman–Crippen MR) is 69.4 cm³/mol. The number of benzene rings is 1. The minimum Gasteiger partial charge on any atom is -0.368 e. The summed E-state index contributed by atoms with van der Waals surface area (Å²) in [6.45, 7) is 6.93. The lowest BCUT2D eigenvalue weighted by Gasteiger charge is -2.34. The van der Waals surface area contributed by atoms with E-state index in [9.17, 15) is 4.79 Å². The number of aryl methyl sites for hydroxylation is 1. The summed E-state index contributed by atoms with van der Waals surface area (Å²) in [5, 5.41) is 3.39. The molecule has 1 atom stereocenters. The number of hydrogen-bond acceptors (Lipinski definition) is 3. The second kappa shape index (κ2) is 4.75. The topological polar surface area (TPSA) is 58.4 Å². The highest BCUT2D eigenvalue weighted by atomic mass is 16.1. The zero-order valence-electron chi connectivity index (χ0n) is 10.4. The number of carbonyl (C=O) groups is 1. The molecule has 3 N–H and O–H groups in total. The van der Waals surface area contributed by atoms with Gasteiger partial charge in [0.25, 0.3) is 5.91 Å². The first kappa shape index (κ1) is 11.9. The van der Waals surface area contributed by atoms with Crippen LogP contribution < -0.4 is 16.0 Å². The smallest absolute Gasteiger partial charge is 0.250 e. The van der Waals surface area contributed by atoms with E-state index < -0.39 is 0 Å². The first-order valence-corrected chi connectivity index (χ1v) is 5.96. The number of nitrogens with two attached hydrogens (primary N) is 1. The Morgan fingerprint density at radius 1 is 1.53 bits per heavy atom. The SMILES string of the molecule is Cc1ccc(C(N)=O)c(N2CCN[C@@H](C)C2)c1. The fraction of sp³-hybridized carbons (Fsp3) is 0.462. The quantitative estimate of drug-likeness (QED) is 0.797. The molecular weight excluding hydrogens is 214 g/mol. The van der Waals surface area contributed by atoms with E-state index in [0.717, 1.165) is 30.9 Å². The van der Waals surface area contributed by atoms with Crippen LogP contribution in [0.15, 0.2) is 18.2 Å². The molecule has 0 spiro atoms. The molecule has 1 aliphatic heterocycles. The maximum Gasteiger partial charge on any atom is 0.250 e. The van der Waals surface area contributed by atoms with Crippen LogP contribution in [0.3, 0.4) is 0 Å². The third-order valence-electron chi connectivity index (χ3n) is 3.13. The molecule has 0 aromatic heterocycles. The monoisotopic (exact) mass is 233 g/mol. The van der Waals surface area contributed by atoms with E-state index in [4.69, 9.17) is 5.73 Å². The van der Waals surface area contributed by atoms with E-state index >= 15 is 0 Å². The van der Waals surface area contributed by atoms with Crippen LogP contribution in [0.2, 0.25) is 0 Å². The molecule has 1 saturated heterocycles. The summed E-state index contributed by atoms with van der Waals surface area (Å²) in [4.78, 5) is 13.7. The highest BCUT2D eigenvalue weighted by Crippen LogP contribution is 2.23. The number of carbonyl (C=O) groups excluding carboxylic acids is 1. The summed E-state index contributed by atoms with van der Waals surface area (Å²) in [5.74, 6) is -0.355. The number of anilines is 1. The molecular formula is C13H19N3O. The zero-order valence-corrected chi connectivity index (χ0v) is 10.4. The van der Waals surface area contributed by atoms with Crippen LogP contribution in [0, 0.1) is 6.92 Å². The van der Waals surface area contributed by atoms with E-state index in [-0.39, 0.29) is 5.91 Å². The second-order valence-electron chi connectivity index (χ2n) is 4.69. The number of primary amides is 1. The first-order valence-electron chi connectivity index (χ1n) is 5.96. The van der Waals surface area contributed by atoms with Gasteiger partial charge in [-0.25, -0.2) is 0 Å². The van der Waals surface area contributed by atoms with Gasteiger partial charge in [-0.15, -0.1) is 0 Å². The van der Waals surface area contributed by atoms with Crippen LogP contribution in [0.1, 0.15) is 22.8 Å². The number of nitrogens with zero attached hydrogens (tertiary/aromatic N) is 1. The van der Waals surface area contributed by atoms with Crippen LogP contribution in [0.5, 0.6) is 0 Å². The van der Waals surface area contributed by atoms with Crippen LogP contribution in [0.4, 0.5) is 5.69 Å². The van der Waals surface area contributed by atoms with Gasteiger partial charge in [-0.1, -0.05) is 6.07 Å². The van der Waals surface area contributed by atoms with Crippen LogP contribution in [-0.2, 0) is 0 Å². The van der Waals surface area contributed by atoms with Crippen LogP contribution in [-0.4, -0.2) is 31.6 Å². The molecule has 1 aromatic carbocycles. The van der Waals surface area contributed by atoms with Gasteiger partial charge in [0.2, 0.25) is 0 Å². The summed E-state index contributed by atoms with van der Waals surface area (Å²) in [5.41, 5.74) is 8.15. The summed E-state index contributed by atoms with van der Waals surface area (Å²) < 4.78 is 0. The van der Waals surface area contributed by atoms with E-state index in [1.54, 1.807) is 0 Å². The van der Waals surface area contributed by atoms with Gasteiger partial charge in [-0.05, 0) is 31.5 Å². The van der Waals surface area contributed by atoms with Crippen molar-refractivity contribution in [3.05, 3.63) is 29.3 Å². The average molecular weight is 233 g/mol. The molecule has 1 heterocycles. The van der Waals surface area contributed by atoms with Gasteiger partial charge in [-0.2, -0.15) is 0 Å². The molecule has 4 nitrogen and oxygen atoms in total. The molecule has 0 saturated carbocycles. The summed E-state index contributed by atoms with van der Waals surface area (Å²) in [6, 6.07) is 6.22. The Bertz CT molecular complexity index is 431. The minimum atomic E-state index is -0.355. The Kier molecular flexibility index (Phi) is 3.33. The lowest BCUT2D eigenvalue weighted by Crippen LogP contribution is -2.49. The Labute approximate surface area is 102 Å². The average Bonchev–Trinajstić information content (AvgIpc) is 2.28. The van der Waals surface area contributed by atoms with Gasteiger partial charge in [0.05, 0.1) is 5.56 Å². The van der Waals surface area contributed by atoms with Crippen molar-refractivity contribution in [1.29, 1.82) is 0 Å². The lowest BCUT2D eigenvalue weighted by atomic mass is 10.1. The molecule has 1 aromatic rings. The molecule has 1 aliphatic rings. The second-order valence-corrected chi connectivity index (χ2v) is 4.69. The van der Waals surface area contributed by atoms with Gasteiger partial charge in [0, 0.05) is 31.4 Å². The lowest BCUT2D eigenvalue weighted by molar-refractivity contribution is 0.100. The molecule has 1 amide bonds. The standard InChI is InChI=1S/C13H19N3O/c1-9-3-4-11(13(14)17)12(7-9)16-6-5-15-10(2)8-16/h3-4,7,10,15H,5-6,8H2,1-2H3,(H2,14,17)/t10-/m0/s1. The van der Waals surface area contributed by atoms with E-state index in [1.807, 2.05) is 25.1 Å². The number of hydrogen-bond donors (Lipinski definition) is 2. The Balaban J connectivity index is 2.35. The number of amides is 1. The third kappa shape index (κ3) is 2.58. The summed E-state index contributed by atoms with van der Waals surface area (Å²) in [6.07, 6.45) is 0. The Morgan fingerprint density at radius 2 is 2.29 bits per heavy atom. The van der Waals surface area contributed by atoms with E-state index in [0.29, 0.717) is 11.6 Å². The summed E-state index contributed by atoms with van der Waals surface area (Å²) in [7, 11) is 0. The van der Waals surface area contributed by atoms with Crippen molar-refractivity contribution in [2.45, 2.75) is 19.9 Å². The van der Waals surface area contributed by atoms with Gasteiger partial charge < -0.3 is 16.0 Å². The Hall–Kier alpha value is -1.55. The van der Waals surface area contributed by atoms with Crippen molar-refractivity contribution < 1.29 is 4.79 Å². The van der Waals surface area contributed by atoms with Crippen LogP contribution in [0.25, 0.3) is 0 Å². The maximum atomic E-state index is 11.4. The molecule has 0 aliphatic carbocycles. The molecule has 2 rings (SSSR count). The van der Waals surface area contributed by atoms with Gasteiger partial charge in [0.15, 0.2) is 0 Å². The molecule has 0 bridgehead atoms. The fourth-order valence-electron chi connectivity index (χ4n) is 2.26. The largest absolute Gasteiger partial charge is 0.368 e. The molecule has 92 valence electrons. The van der Waals surface area contributed by atoms with Crippen LogP contribution >= 0.6 is 0 Å². The fourth-order valence-corrected chi connectivity index (χ4v) is 2.26. The maximum absolute atomic E-state index is 11.4. The zero-order chi connectivity index (χ0) is 12.4. The highest BCUT2D eigenvalue weighted by Gasteiger charge is 2.20. The molecule has 0 radical (unpaired) electrons. The molecule has 1 fully saturated rings. The first-order chi connectivity index (χ1) is 8.08. The van der Waals surface area contributed by atoms with Crippen molar-refractivity contribution in [3.8, 4) is 0 Å².